The molecule has 3 nitrogen and oxygen atoms in total. The zero-order chi connectivity index (χ0) is 16.0. The van der Waals surface area contributed by atoms with Crippen LogP contribution in [0, 0.1) is 11.8 Å². The van der Waals surface area contributed by atoms with E-state index < -0.39 is 9.84 Å². The van der Waals surface area contributed by atoms with Crippen LogP contribution in [-0.2, 0) is 9.84 Å². The Balaban J connectivity index is 2.80. The normalized spacial score (nSPS) is 12.4. The summed E-state index contributed by atoms with van der Waals surface area (Å²) in [5.74, 6) is 1.42. The summed E-state index contributed by atoms with van der Waals surface area (Å²) in [5, 5.41) is 3.54. The first-order chi connectivity index (χ1) is 9.74. The highest BCUT2D eigenvalue weighted by Crippen LogP contribution is 2.20. The molecule has 0 aromatic heterocycles. The van der Waals surface area contributed by atoms with Crippen molar-refractivity contribution in [2.45, 2.75) is 58.4 Å². The molecule has 0 saturated carbocycles. The number of anilines is 1. The van der Waals surface area contributed by atoms with Gasteiger partial charge in [-0.15, -0.1) is 0 Å². The lowest BCUT2D eigenvalue weighted by Gasteiger charge is -2.23. The van der Waals surface area contributed by atoms with E-state index in [-0.39, 0.29) is 5.75 Å². The van der Waals surface area contributed by atoms with E-state index in [1.165, 1.54) is 0 Å². The topological polar surface area (TPSA) is 46.2 Å². The van der Waals surface area contributed by atoms with Gasteiger partial charge in [0.1, 0.15) is 0 Å². The second-order valence-electron chi connectivity index (χ2n) is 6.53. The van der Waals surface area contributed by atoms with Crippen LogP contribution in [0.5, 0.6) is 0 Å². The van der Waals surface area contributed by atoms with Crippen molar-refractivity contribution < 1.29 is 8.42 Å². The summed E-state index contributed by atoms with van der Waals surface area (Å²) in [4.78, 5) is 0.403. The predicted octanol–water partition coefficient (Wildman–Crippen LogP) is 4.35. The molecule has 120 valence electrons. The molecule has 1 aromatic rings. The molecular weight excluding hydrogens is 282 g/mol. The lowest BCUT2D eigenvalue weighted by atomic mass is 9.95. The van der Waals surface area contributed by atoms with Gasteiger partial charge in [0.25, 0.3) is 0 Å². The maximum atomic E-state index is 11.8. The SMILES string of the molecule is CCS(=O)(=O)c1ccc(NC(CC(C)C)CC(C)C)cc1. The molecule has 1 rings (SSSR count). The second kappa shape index (κ2) is 7.83. The highest BCUT2D eigenvalue weighted by molar-refractivity contribution is 7.91. The Labute approximate surface area is 130 Å². The molecule has 0 radical (unpaired) electrons. The number of rotatable bonds is 8. The molecule has 0 aliphatic rings. The fraction of sp³-hybridized carbons (Fsp3) is 0.647. The van der Waals surface area contributed by atoms with Crippen molar-refractivity contribution in [1.82, 2.24) is 0 Å². The molecule has 21 heavy (non-hydrogen) atoms. The van der Waals surface area contributed by atoms with Crippen LogP contribution in [0.3, 0.4) is 0 Å². The Morgan fingerprint density at radius 1 is 0.952 bits per heavy atom. The van der Waals surface area contributed by atoms with E-state index in [9.17, 15) is 8.42 Å². The summed E-state index contributed by atoms with van der Waals surface area (Å²) in [6.07, 6.45) is 2.24. The minimum atomic E-state index is -3.11. The molecule has 0 saturated heterocycles. The van der Waals surface area contributed by atoms with Crippen molar-refractivity contribution in [2.24, 2.45) is 11.8 Å². The van der Waals surface area contributed by atoms with E-state index in [2.05, 4.69) is 33.0 Å². The number of hydrogen-bond donors (Lipinski definition) is 1. The van der Waals surface area contributed by atoms with E-state index in [0.717, 1.165) is 18.5 Å². The van der Waals surface area contributed by atoms with Gasteiger partial charge in [-0.3, -0.25) is 0 Å². The monoisotopic (exact) mass is 311 g/mol. The number of sulfone groups is 1. The molecule has 0 unspecified atom stereocenters. The van der Waals surface area contributed by atoms with Crippen LogP contribution >= 0.6 is 0 Å². The van der Waals surface area contributed by atoms with Crippen molar-refractivity contribution in [2.75, 3.05) is 11.1 Å². The first-order valence-corrected chi connectivity index (χ1v) is 9.49. The number of nitrogens with one attached hydrogen (secondary N) is 1. The zero-order valence-corrected chi connectivity index (χ0v) is 14.7. The Morgan fingerprint density at radius 2 is 1.43 bits per heavy atom. The Hall–Kier alpha value is -1.03. The standard InChI is InChI=1S/C17H29NO2S/c1-6-21(19,20)17-9-7-15(8-10-17)18-16(11-13(2)3)12-14(4)5/h7-10,13-14,16,18H,6,11-12H2,1-5H3. The fourth-order valence-electron chi connectivity index (χ4n) is 2.51. The van der Waals surface area contributed by atoms with Crippen molar-refractivity contribution in [3.63, 3.8) is 0 Å². The molecule has 0 aliphatic heterocycles. The summed E-state index contributed by atoms with van der Waals surface area (Å²) >= 11 is 0. The van der Waals surface area contributed by atoms with Crippen LogP contribution < -0.4 is 5.32 Å². The van der Waals surface area contributed by atoms with Gasteiger partial charge in [-0.2, -0.15) is 0 Å². The molecule has 1 aromatic carbocycles. The Morgan fingerprint density at radius 3 is 1.81 bits per heavy atom. The molecular formula is C17H29NO2S. The Kier molecular flexibility index (Phi) is 6.72. The summed E-state index contributed by atoms with van der Waals surface area (Å²) in [6, 6.07) is 7.57. The molecule has 0 fully saturated rings. The van der Waals surface area contributed by atoms with E-state index >= 15 is 0 Å². The molecule has 1 N–H and O–H groups in total. The summed E-state index contributed by atoms with van der Waals surface area (Å²) in [6.45, 7) is 10.6. The van der Waals surface area contributed by atoms with E-state index in [1.807, 2.05) is 12.1 Å². The van der Waals surface area contributed by atoms with Gasteiger partial charge in [0.2, 0.25) is 0 Å². The van der Waals surface area contributed by atoms with Gasteiger partial charge in [0.05, 0.1) is 10.6 Å². The fourth-order valence-corrected chi connectivity index (χ4v) is 3.40. The van der Waals surface area contributed by atoms with Gasteiger partial charge < -0.3 is 5.32 Å². The highest BCUT2D eigenvalue weighted by Gasteiger charge is 2.14. The molecule has 0 atom stereocenters. The lowest BCUT2D eigenvalue weighted by molar-refractivity contribution is 0.442. The van der Waals surface area contributed by atoms with Gasteiger partial charge in [-0.05, 0) is 48.9 Å². The van der Waals surface area contributed by atoms with Crippen molar-refractivity contribution in [3.05, 3.63) is 24.3 Å². The van der Waals surface area contributed by atoms with Gasteiger partial charge in [0.15, 0.2) is 9.84 Å². The third-order valence-corrected chi connectivity index (χ3v) is 5.23. The molecule has 0 heterocycles. The van der Waals surface area contributed by atoms with Crippen LogP contribution in [0.25, 0.3) is 0 Å². The molecule has 0 aliphatic carbocycles. The minimum Gasteiger partial charge on any atom is -0.382 e. The highest BCUT2D eigenvalue weighted by atomic mass is 32.2. The molecule has 0 spiro atoms. The van der Waals surface area contributed by atoms with Crippen LogP contribution in [0.1, 0.15) is 47.5 Å². The summed E-state index contributed by atoms with van der Waals surface area (Å²) < 4.78 is 23.6. The smallest absolute Gasteiger partial charge is 0.178 e. The van der Waals surface area contributed by atoms with Gasteiger partial charge in [-0.25, -0.2) is 8.42 Å². The average molecular weight is 311 g/mol. The largest absolute Gasteiger partial charge is 0.382 e. The quantitative estimate of drug-likeness (QED) is 0.776. The first kappa shape index (κ1) is 18.0. The third-order valence-electron chi connectivity index (χ3n) is 3.48. The zero-order valence-electron chi connectivity index (χ0n) is 13.9. The summed E-state index contributed by atoms with van der Waals surface area (Å²) in [5.41, 5.74) is 0.997. The van der Waals surface area contributed by atoms with Crippen LogP contribution in [0.4, 0.5) is 5.69 Å². The van der Waals surface area contributed by atoms with Gasteiger partial charge >= 0.3 is 0 Å². The lowest BCUT2D eigenvalue weighted by Crippen LogP contribution is -2.23. The Bertz CT molecular complexity index is 508. The molecule has 0 amide bonds. The van der Waals surface area contributed by atoms with Crippen LogP contribution in [0.2, 0.25) is 0 Å². The first-order valence-electron chi connectivity index (χ1n) is 7.84. The van der Waals surface area contributed by atoms with Crippen LogP contribution in [-0.4, -0.2) is 20.2 Å². The number of hydrogen-bond acceptors (Lipinski definition) is 3. The second-order valence-corrected chi connectivity index (χ2v) is 8.81. The molecule has 0 bridgehead atoms. The molecule has 4 heteroatoms. The van der Waals surface area contributed by atoms with E-state index in [4.69, 9.17) is 0 Å². The minimum absolute atomic E-state index is 0.142. The number of benzene rings is 1. The predicted molar refractivity (Wildman–Crippen MR) is 90.5 cm³/mol. The van der Waals surface area contributed by atoms with Crippen molar-refractivity contribution >= 4 is 15.5 Å². The van der Waals surface area contributed by atoms with Gasteiger partial charge in [-0.1, -0.05) is 34.6 Å². The van der Waals surface area contributed by atoms with Gasteiger partial charge in [0, 0.05) is 11.7 Å². The van der Waals surface area contributed by atoms with Crippen molar-refractivity contribution in [3.8, 4) is 0 Å². The van der Waals surface area contributed by atoms with Crippen LogP contribution in [0.15, 0.2) is 29.2 Å². The maximum absolute atomic E-state index is 11.8. The van der Waals surface area contributed by atoms with E-state index in [0.29, 0.717) is 22.8 Å². The average Bonchev–Trinajstić information content (AvgIpc) is 2.37. The van der Waals surface area contributed by atoms with Crippen molar-refractivity contribution in [1.29, 1.82) is 0 Å². The maximum Gasteiger partial charge on any atom is 0.178 e. The third kappa shape index (κ3) is 6.08. The summed E-state index contributed by atoms with van der Waals surface area (Å²) in [7, 11) is -3.11. The van der Waals surface area contributed by atoms with E-state index in [1.54, 1.807) is 19.1 Å².